The van der Waals surface area contributed by atoms with Crippen LogP contribution in [0.15, 0.2) is 60.7 Å². The van der Waals surface area contributed by atoms with E-state index in [0.717, 1.165) is 36.3 Å². The molecule has 0 aliphatic carbocycles. The Kier molecular flexibility index (Phi) is 7.16. The molecule has 0 atom stereocenters. The average Bonchev–Trinajstić information content (AvgIpc) is 2.81. The summed E-state index contributed by atoms with van der Waals surface area (Å²) in [6.45, 7) is 1.32. The van der Waals surface area contributed by atoms with Gasteiger partial charge in [0, 0.05) is 36.4 Å². The van der Waals surface area contributed by atoms with Gasteiger partial charge in [0.15, 0.2) is 0 Å². The Morgan fingerprint density at radius 3 is 2.36 bits per heavy atom. The number of para-hydroxylation sites is 1. The number of amides is 2. The highest BCUT2D eigenvalue weighted by Gasteiger charge is 2.21. The van der Waals surface area contributed by atoms with Gasteiger partial charge >= 0.3 is 0 Å². The zero-order chi connectivity index (χ0) is 23.4. The molecule has 0 saturated heterocycles. The summed E-state index contributed by atoms with van der Waals surface area (Å²) in [5.41, 5.74) is 3.53. The van der Waals surface area contributed by atoms with Crippen molar-refractivity contribution in [3.63, 3.8) is 0 Å². The number of carbonyl (C=O) groups is 2. The van der Waals surface area contributed by atoms with Crippen LogP contribution in [0.5, 0.6) is 0 Å². The summed E-state index contributed by atoms with van der Waals surface area (Å²) < 4.78 is 13.2. The maximum Gasteiger partial charge on any atom is 0.255 e. The number of anilines is 3. The van der Waals surface area contributed by atoms with Gasteiger partial charge in [-0.1, -0.05) is 35.3 Å². The van der Waals surface area contributed by atoms with Gasteiger partial charge in [0.25, 0.3) is 5.91 Å². The van der Waals surface area contributed by atoms with E-state index in [1.165, 1.54) is 24.3 Å². The van der Waals surface area contributed by atoms with Crippen molar-refractivity contribution in [1.29, 1.82) is 0 Å². The molecule has 3 aromatic rings. The summed E-state index contributed by atoms with van der Waals surface area (Å²) in [7, 11) is 0. The molecule has 5 nitrogen and oxygen atoms in total. The van der Waals surface area contributed by atoms with E-state index >= 15 is 0 Å². The summed E-state index contributed by atoms with van der Waals surface area (Å²) in [5, 5.41) is 6.51. The van der Waals surface area contributed by atoms with Gasteiger partial charge in [-0.05, 0) is 66.9 Å². The van der Waals surface area contributed by atoms with Gasteiger partial charge in [-0.3, -0.25) is 9.59 Å². The summed E-state index contributed by atoms with van der Waals surface area (Å²) >= 11 is 12.3. The molecule has 0 unspecified atom stereocenters. The van der Waals surface area contributed by atoms with Gasteiger partial charge in [-0.25, -0.2) is 4.39 Å². The number of hydrogen-bond donors (Lipinski definition) is 2. The summed E-state index contributed by atoms with van der Waals surface area (Å²) in [5.74, 6) is -0.866. The normalized spacial score (nSPS) is 12.8. The SMILES string of the molecule is O=C(CCN1CCCc2c(NC(=O)c3ccc(F)cc3)cccc21)Nc1c(Cl)cccc1Cl. The van der Waals surface area contributed by atoms with Crippen LogP contribution in [-0.4, -0.2) is 24.9 Å². The van der Waals surface area contributed by atoms with Crippen LogP contribution in [0.3, 0.4) is 0 Å². The monoisotopic (exact) mass is 485 g/mol. The van der Waals surface area contributed by atoms with Crippen molar-refractivity contribution in [2.45, 2.75) is 19.3 Å². The second kappa shape index (κ2) is 10.2. The molecule has 8 heteroatoms. The van der Waals surface area contributed by atoms with Crippen LogP contribution in [0, 0.1) is 5.82 Å². The standard InChI is InChI=1S/C25H22Cl2FN3O2/c26-19-5-1-6-20(27)24(19)30-23(32)13-15-31-14-3-4-18-21(7-2-8-22(18)31)29-25(33)16-9-11-17(28)12-10-16/h1-2,5-12H,3-4,13-15H2,(H,29,33)(H,30,32). The molecule has 33 heavy (non-hydrogen) atoms. The lowest BCUT2D eigenvalue weighted by molar-refractivity contribution is -0.116. The van der Waals surface area contributed by atoms with Gasteiger partial charge < -0.3 is 15.5 Å². The molecule has 0 aromatic heterocycles. The van der Waals surface area contributed by atoms with Crippen molar-refractivity contribution >= 4 is 52.1 Å². The third-order valence-electron chi connectivity index (χ3n) is 5.54. The fraction of sp³-hybridized carbons (Fsp3) is 0.200. The maximum atomic E-state index is 13.2. The average molecular weight is 486 g/mol. The van der Waals surface area contributed by atoms with Crippen molar-refractivity contribution in [3.8, 4) is 0 Å². The van der Waals surface area contributed by atoms with Crippen molar-refractivity contribution in [3.05, 3.63) is 87.7 Å². The number of hydrogen-bond acceptors (Lipinski definition) is 3. The second-order valence-corrected chi connectivity index (χ2v) is 8.56. The number of fused-ring (bicyclic) bond motifs is 1. The summed E-state index contributed by atoms with van der Waals surface area (Å²) in [4.78, 5) is 27.3. The number of benzene rings is 3. The lowest BCUT2D eigenvalue weighted by atomic mass is 9.99. The highest BCUT2D eigenvalue weighted by atomic mass is 35.5. The molecule has 4 rings (SSSR count). The van der Waals surface area contributed by atoms with Crippen molar-refractivity contribution in [2.75, 3.05) is 28.6 Å². The third-order valence-corrected chi connectivity index (χ3v) is 6.17. The molecule has 1 heterocycles. The topological polar surface area (TPSA) is 61.4 Å². The quantitative estimate of drug-likeness (QED) is 0.438. The first kappa shape index (κ1) is 23.1. The van der Waals surface area contributed by atoms with Gasteiger partial charge in [-0.15, -0.1) is 0 Å². The van der Waals surface area contributed by atoms with Crippen LogP contribution in [0.1, 0.15) is 28.8 Å². The molecule has 170 valence electrons. The Hall–Kier alpha value is -3.09. The van der Waals surface area contributed by atoms with E-state index in [-0.39, 0.29) is 24.1 Å². The van der Waals surface area contributed by atoms with E-state index in [9.17, 15) is 14.0 Å². The molecule has 1 aliphatic rings. The molecule has 0 fully saturated rings. The van der Waals surface area contributed by atoms with E-state index in [4.69, 9.17) is 23.2 Å². The van der Waals surface area contributed by atoms with Crippen LogP contribution in [0.2, 0.25) is 10.0 Å². The smallest absolute Gasteiger partial charge is 0.255 e. The Balaban J connectivity index is 1.44. The lowest BCUT2D eigenvalue weighted by Crippen LogP contribution is -2.33. The second-order valence-electron chi connectivity index (χ2n) is 7.75. The summed E-state index contributed by atoms with van der Waals surface area (Å²) in [6, 6.07) is 16.2. The van der Waals surface area contributed by atoms with E-state index in [2.05, 4.69) is 15.5 Å². The van der Waals surface area contributed by atoms with Gasteiger partial charge in [0.05, 0.1) is 15.7 Å². The number of halogens is 3. The van der Waals surface area contributed by atoms with Crippen LogP contribution in [0.4, 0.5) is 21.5 Å². The minimum absolute atomic E-state index is 0.183. The fourth-order valence-corrected chi connectivity index (χ4v) is 4.39. The fourth-order valence-electron chi connectivity index (χ4n) is 3.90. The van der Waals surface area contributed by atoms with Crippen LogP contribution in [0.25, 0.3) is 0 Å². The maximum absolute atomic E-state index is 13.2. The predicted octanol–water partition coefficient (Wildman–Crippen LogP) is 6.17. The Morgan fingerprint density at radius 2 is 1.64 bits per heavy atom. The van der Waals surface area contributed by atoms with Crippen LogP contribution >= 0.6 is 23.2 Å². The minimum atomic E-state index is -0.389. The van der Waals surface area contributed by atoms with Crippen molar-refractivity contribution in [2.24, 2.45) is 0 Å². The Morgan fingerprint density at radius 1 is 0.939 bits per heavy atom. The molecular weight excluding hydrogens is 464 g/mol. The largest absolute Gasteiger partial charge is 0.371 e. The Labute approximate surface area is 201 Å². The third kappa shape index (κ3) is 5.46. The van der Waals surface area contributed by atoms with E-state index in [1.807, 2.05) is 18.2 Å². The van der Waals surface area contributed by atoms with E-state index in [0.29, 0.717) is 27.8 Å². The molecular formula is C25H22Cl2FN3O2. The minimum Gasteiger partial charge on any atom is -0.371 e. The number of nitrogens with one attached hydrogen (secondary N) is 2. The van der Waals surface area contributed by atoms with Crippen LogP contribution in [-0.2, 0) is 11.2 Å². The van der Waals surface area contributed by atoms with Gasteiger partial charge in [-0.2, -0.15) is 0 Å². The molecule has 0 radical (unpaired) electrons. The van der Waals surface area contributed by atoms with Crippen LogP contribution < -0.4 is 15.5 Å². The molecule has 3 aromatic carbocycles. The highest BCUT2D eigenvalue weighted by Crippen LogP contribution is 2.34. The zero-order valence-electron chi connectivity index (χ0n) is 17.7. The highest BCUT2D eigenvalue weighted by molar-refractivity contribution is 6.39. The van der Waals surface area contributed by atoms with E-state index in [1.54, 1.807) is 18.2 Å². The molecule has 0 saturated carbocycles. The molecule has 0 spiro atoms. The van der Waals surface area contributed by atoms with E-state index < -0.39 is 0 Å². The molecule has 2 N–H and O–H groups in total. The number of carbonyl (C=O) groups excluding carboxylic acids is 2. The molecule has 2 amide bonds. The van der Waals surface area contributed by atoms with Crippen molar-refractivity contribution < 1.29 is 14.0 Å². The Bertz CT molecular complexity index is 1160. The lowest BCUT2D eigenvalue weighted by Gasteiger charge is -2.32. The molecule has 1 aliphatic heterocycles. The number of rotatable bonds is 6. The summed E-state index contributed by atoms with van der Waals surface area (Å²) in [6.07, 6.45) is 1.97. The first-order chi connectivity index (χ1) is 15.9. The number of nitrogens with zero attached hydrogens (tertiary/aromatic N) is 1. The first-order valence-electron chi connectivity index (χ1n) is 10.6. The molecule has 0 bridgehead atoms. The van der Waals surface area contributed by atoms with Gasteiger partial charge in [0.1, 0.15) is 5.82 Å². The van der Waals surface area contributed by atoms with Gasteiger partial charge in [0.2, 0.25) is 5.91 Å². The first-order valence-corrected chi connectivity index (χ1v) is 11.4. The predicted molar refractivity (Wildman–Crippen MR) is 131 cm³/mol. The van der Waals surface area contributed by atoms with Crippen molar-refractivity contribution in [1.82, 2.24) is 0 Å². The zero-order valence-corrected chi connectivity index (χ0v) is 19.2.